The lowest BCUT2D eigenvalue weighted by atomic mass is 10.1. The van der Waals surface area contributed by atoms with E-state index in [-0.39, 0.29) is 11.4 Å². The molecule has 0 unspecified atom stereocenters. The van der Waals surface area contributed by atoms with E-state index >= 15 is 0 Å². The van der Waals surface area contributed by atoms with Crippen molar-refractivity contribution >= 4 is 17.1 Å². The van der Waals surface area contributed by atoms with E-state index in [1.54, 1.807) is 31.2 Å². The number of rotatable bonds is 5. The van der Waals surface area contributed by atoms with E-state index in [1.165, 1.54) is 6.07 Å². The highest BCUT2D eigenvalue weighted by Crippen LogP contribution is 2.33. The molecule has 6 nitrogen and oxygen atoms in total. The van der Waals surface area contributed by atoms with Gasteiger partial charge in [0.2, 0.25) is 0 Å². The van der Waals surface area contributed by atoms with Gasteiger partial charge in [-0.05, 0) is 29.8 Å². The summed E-state index contributed by atoms with van der Waals surface area (Å²) in [6, 6.07) is 12.5. The molecule has 0 spiro atoms. The van der Waals surface area contributed by atoms with Crippen LogP contribution in [0.5, 0.6) is 5.75 Å². The number of nitro benzene ring substituents is 1. The minimum Gasteiger partial charge on any atom is -0.497 e. The molecule has 0 aliphatic carbocycles. The van der Waals surface area contributed by atoms with Crippen LogP contribution in [-0.2, 0) is 6.54 Å². The van der Waals surface area contributed by atoms with E-state index in [2.05, 4.69) is 0 Å². The van der Waals surface area contributed by atoms with Crippen molar-refractivity contribution in [2.45, 2.75) is 6.54 Å². The minimum atomic E-state index is -0.452. The van der Waals surface area contributed by atoms with Crippen LogP contribution in [0.2, 0.25) is 0 Å². The first-order chi connectivity index (χ1) is 10.0. The van der Waals surface area contributed by atoms with Gasteiger partial charge in [-0.15, -0.1) is 0 Å². The number of para-hydroxylation sites is 1. The van der Waals surface area contributed by atoms with Crippen molar-refractivity contribution in [1.82, 2.24) is 0 Å². The second kappa shape index (κ2) is 6.13. The molecule has 6 heteroatoms. The number of ether oxygens (including phenoxy) is 1. The van der Waals surface area contributed by atoms with Gasteiger partial charge in [0.05, 0.1) is 12.0 Å². The largest absolute Gasteiger partial charge is 0.497 e. The smallest absolute Gasteiger partial charge is 0.315 e. The Labute approximate surface area is 122 Å². The summed E-state index contributed by atoms with van der Waals surface area (Å²) in [4.78, 5) is 12.5. The predicted molar refractivity (Wildman–Crippen MR) is 82.6 cm³/mol. The molecule has 110 valence electrons. The van der Waals surface area contributed by atoms with E-state index in [4.69, 9.17) is 10.5 Å². The molecule has 0 aliphatic rings. The molecule has 0 bridgehead atoms. The average Bonchev–Trinajstić information content (AvgIpc) is 2.46. The number of nitrogen functional groups attached to an aromatic ring is 1. The van der Waals surface area contributed by atoms with Gasteiger partial charge in [0.1, 0.15) is 17.1 Å². The molecule has 2 aromatic rings. The molecule has 2 N–H and O–H groups in total. The molecule has 0 saturated heterocycles. The maximum Gasteiger partial charge on any atom is 0.315 e. The van der Waals surface area contributed by atoms with Crippen LogP contribution in [-0.4, -0.2) is 19.1 Å². The van der Waals surface area contributed by atoms with Crippen LogP contribution in [0.4, 0.5) is 17.1 Å². The summed E-state index contributed by atoms with van der Waals surface area (Å²) < 4.78 is 5.18. The molecule has 0 amide bonds. The lowest BCUT2D eigenvalue weighted by Gasteiger charge is -2.20. The predicted octanol–water partition coefficient (Wildman–Crippen LogP) is 2.82. The summed E-state index contributed by atoms with van der Waals surface area (Å²) in [5.74, 6) is 0.753. The fraction of sp³-hybridized carbons (Fsp3) is 0.200. The molecule has 2 aromatic carbocycles. The maximum atomic E-state index is 11.2. The fourth-order valence-corrected chi connectivity index (χ4v) is 2.19. The zero-order chi connectivity index (χ0) is 15.4. The summed E-state index contributed by atoms with van der Waals surface area (Å²) >= 11 is 0. The van der Waals surface area contributed by atoms with E-state index in [0.717, 1.165) is 11.3 Å². The summed E-state index contributed by atoms with van der Waals surface area (Å²) in [5.41, 5.74) is 7.29. The summed E-state index contributed by atoms with van der Waals surface area (Å²) in [7, 11) is 3.40. The number of hydrogen-bond donors (Lipinski definition) is 1. The molecule has 0 aromatic heterocycles. The first-order valence-corrected chi connectivity index (χ1v) is 6.40. The van der Waals surface area contributed by atoms with Gasteiger partial charge in [-0.25, -0.2) is 0 Å². The number of nitro groups is 1. The highest BCUT2D eigenvalue weighted by Gasteiger charge is 2.20. The van der Waals surface area contributed by atoms with Crippen molar-refractivity contribution in [3.05, 3.63) is 58.1 Å². The third kappa shape index (κ3) is 3.22. The zero-order valence-electron chi connectivity index (χ0n) is 11.9. The zero-order valence-corrected chi connectivity index (χ0v) is 11.9. The van der Waals surface area contributed by atoms with Crippen LogP contribution in [0.1, 0.15) is 5.56 Å². The van der Waals surface area contributed by atoms with Gasteiger partial charge in [0.15, 0.2) is 0 Å². The highest BCUT2D eigenvalue weighted by molar-refractivity contribution is 5.75. The van der Waals surface area contributed by atoms with E-state index in [9.17, 15) is 10.1 Å². The maximum absolute atomic E-state index is 11.2. The van der Waals surface area contributed by atoms with E-state index < -0.39 is 4.92 Å². The first-order valence-electron chi connectivity index (χ1n) is 6.40. The lowest BCUT2D eigenvalue weighted by Crippen LogP contribution is -2.18. The number of hydrogen-bond acceptors (Lipinski definition) is 5. The van der Waals surface area contributed by atoms with Gasteiger partial charge >= 0.3 is 5.69 Å². The Balaban J connectivity index is 2.30. The van der Waals surface area contributed by atoms with Crippen molar-refractivity contribution in [2.24, 2.45) is 0 Å². The monoisotopic (exact) mass is 287 g/mol. The molecule has 2 rings (SSSR count). The molecular weight excluding hydrogens is 270 g/mol. The van der Waals surface area contributed by atoms with E-state index in [1.807, 2.05) is 24.3 Å². The highest BCUT2D eigenvalue weighted by atomic mass is 16.6. The summed E-state index contributed by atoms with van der Waals surface area (Å²) in [6.07, 6.45) is 0. The minimum absolute atomic E-state index is 0.0668. The van der Waals surface area contributed by atoms with Crippen LogP contribution >= 0.6 is 0 Å². The Morgan fingerprint density at radius 3 is 2.67 bits per heavy atom. The standard InChI is InChI=1S/C15H17N3O3/c1-17(10-11-5-3-6-12(9-11)21-2)14-8-4-7-13(16)15(14)18(19)20/h3-9H,10,16H2,1-2H3. The third-order valence-corrected chi connectivity index (χ3v) is 3.19. The SMILES string of the molecule is COc1cccc(CN(C)c2cccc(N)c2[N+](=O)[O-])c1. The molecule has 0 atom stereocenters. The first kappa shape index (κ1) is 14.6. The van der Waals surface area contributed by atoms with Gasteiger partial charge in [-0.1, -0.05) is 18.2 Å². The Kier molecular flexibility index (Phi) is 4.27. The van der Waals surface area contributed by atoms with Crippen LogP contribution in [0.3, 0.4) is 0 Å². The Morgan fingerprint density at radius 1 is 1.29 bits per heavy atom. The summed E-state index contributed by atoms with van der Waals surface area (Å²) in [6.45, 7) is 0.515. The van der Waals surface area contributed by atoms with Crippen LogP contribution in [0.15, 0.2) is 42.5 Å². The molecular formula is C15H17N3O3. The quantitative estimate of drug-likeness (QED) is 0.519. The molecule has 0 heterocycles. The molecule has 0 fully saturated rings. The second-order valence-corrected chi connectivity index (χ2v) is 4.68. The number of nitrogens with two attached hydrogens (primary N) is 1. The van der Waals surface area contributed by atoms with Gasteiger partial charge in [-0.2, -0.15) is 0 Å². The van der Waals surface area contributed by atoms with Crippen LogP contribution in [0, 0.1) is 10.1 Å². The molecule has 0 aliphatic heterocycles. The lowest BCUT2D eigenvalue weighted by molar-refractivity contribution is -0.383. The van der Waals surface area contributed by atoms with Crippen molar-refractivity contribution in [1.29, 1.82) is 0 Å². The average molecular weight is 287 g/mol. The van der Waals surface area contributed by atoms with Crippen LogP contribution in [0.25, 0.3) is 0 Å². The molecule has 0 radical (unpaired) electrons. The van der Waals surface area contributed by atoms with Gasteiger partial charge in [0, 0.05) is 13.6 Å². The molecule has 0 saturated carbocycles. The van der Waals surface area contributed by atoms with Crippen molar-refractivity contribution in [3.63, 3.8) is 0 Å². The summed E-state index contributed by atoms with van der Waals surface area (Å²) in [5, 5.41) is 11.2. The Morgan fingerprint density at radius 2 is 2.00 bits per heavy atom. The Hall–Kier alpha value is -2.76. The number of anilines is 2. The number of methoxy groups -OCH3 is 1. The van der Waals surface area contributed by atoms with E-state index in [0.29, 0.717) is 12.2 Å². The van der Waals surface area contributed by atoms with Crippen molar-refractivity contribution in [2.75, 3.05) is 24.8 Å². The van der Waals surface area contributed by atoms with Crippen molar-refractivity contribution in [3.8, 4) is 5.75 Å². The van der Waals surface area contributed by atoms with Gasteiger partial charge in [0.25, 0.3) is 0 Å². The van der Waals surface area contributed by atoms with Crippen LogP contribution < -0.4 is 15.4 Å². The van der Waals surface area contributed by atoms with Gasteiger partial charge < -0.3 is 15.4 Å². The normalized spacial score (nSPS) is 10.2. The molecule has 21 heavy (non-hydrogen) atoms. The van der Waals surface area contributed by atoms with Gasteiger partial charge in [-0.3, -0.25) is 10.1 Å². The number of nitrogens with zero attached hydrogens (tertiary/aromatic N) is 2. The fourth-order valence-electron chi connectivity index (χ4n) is 2.19. The second-order valence-electron chi connectivity index (χ2n) is 4.68. The Bertz CT molecular complexity index is 658. The topological polar surface area (TPSA) is 81.6 Å². The number of benzene rings is 2. The van der Waals surface area contributed by atoms with Crippen molar-refractivity contribution < 1.29 is 9.66 Å². The third-order valence-electron chi connectivity index (χ3n) is 3.19.